The normalized spacial score (nSPS) is 25.4. The molecule has 1 saturated heterocycles. The van der Waals surface area contributed by atoms with E-state index in [0.717, 1.165) is 17.2 Å². The Morgan fingerprint density at radius 1 is 1.40 bits per heavy atom. The van der Waals surface area contributed by atoms with E-state index in [0.29, 0.717) is 0 Å². The molecule has 1 rings (SSSR count). The number of nitrogens with one attached hydrogen (secondary N) is 1. The molecule has 2 heteroatoms. The Labute approximate surface area is 99.8 Å². The van der Waals surface area contributed by atoms with Crippen LogP contribution in [0.3, 0.4) is 0 Å². The van der Waals surface area contributed by atoms with E-state index in [1.807, 2.05) is 0 Å². The smallest absolute Gasteiger partial charge is 0.0172 e. The van der Waals surface area contributed by atoms with Crippen LogP contribution < -0.4 is 5.32 Å². The van der Waals surface area contributed by atoms with E-state index in [4.69, 9.17) is 0 Å². The van der Waals surface area contributed by atoms with Crippen molar-refractivity contribution < 1.29 is 0 Å². The van der Waals surface area contributed by atoms with Gasteiger partial charge in [-0.05, 0) is 37.4 Å². The summed E-state index contributed by atoms with van der Waals surface area (Å²) in [5.74, 6) is 2.22. The second-order valence-electron chi connectivity index (χ2n) is 4.82. The summed E-state index contributed by atoms with van der Waals surface area (Å²) < 4.78 is 0. The van der Waals surface area contributed by atoms with Crippen molar-refractivity contribution in [1.82, 2.24) is 5.32 Å². The van der Waals surface area contributed by atoms with Crippen LogP contribution in [0.5, 0.6) is 0 Å². The SMILES string of the molecule is CCCC(C)C(CC)NCC1CCCS1. The van der Waals surface area contributed by atoms with Gasteiger partial charge in [0.15, 0.2) is 0 Å². The molecule has 0 aromatic carbocycles. The Balaban J connectivity index is 2.19. The van der Waals surface area contributed by atoms with Crippen LogP contribution in [0, 0.1) is 5.92 Å². The Kier molecular flexibility index (Phi) is 6.74. The molecule has 1 aliphatic heterocycles. The van der Waals surface area contributed by atoms with Gasteiger partial charge in [0.1, 0.15) is 0 Å². The third kappa shape index (κ3) is 4.78. The number of hydrogen-bond acceptors (Lipinski definition) is 2. The minimum atomic E-state index is 0.742. The maximum atomic E-state index is 3.78. The first kappa shape index (κ1) is 13.4. The second kappa shape index (κ2) is 7.56. The van der Waals surface area contributed by atoms with Crippen molar-refractivity contribution in [1.29, 1.82) is 0 Å². The topological polar surface area (TPSA) is 12.0 Å². The monoisotopic (exact) mass is 229 g/mol. The van der Waals surface area contributed by atoms with Crippen molar-refractivity contribution in [3.8, 4) is 0 Å². The lowest BCUT2D eigenvalue weighted by Gasteiger charge is -2.25. The highest BCUT2D eigenvalue weighted by molar-refractivity contribution is 8.00. The van der Waals surface area contributed by atoms with E-state index in [2.05, 4.69) is 37.8 Å². The highest BCUT2D eigenvalue weighted by Crippen LogP contribution is 2.25. The van der Waals surface area contributed by atoms with Gasteiger partial charge in [-0.1, -0.05) is 27.2 Å². The van der Waals surface area contributed by atoms with Gasteiger partial charge in [0, 0.05) is 17.8 Å². The molecule has 0 radical (unpaired) electrons. The van der Waals surface area contributed by atoms with E-state index < -0.39 is 0 Å². The zero-order valence-electron chi connectivity index (χ0n) is 10.6. The molecule has 1 N–H and O–H groups in total. The zero-order chi connectivity index (χ0) is 11.1. The average molecular weight is 229 g/mol. The number of rotatable bonds is 7. The first-order valence-electron chi connectivity index (χ1n) is 6.62. The summed E-state index contributed by atoms with van der Waals surface area (Å²) in [4.78, 5) is 0. The van der Waals surface area contributed by atoms with E-state index in [-0.39, 0.29) is 0 Å². The molecule has 0 aromatic rings. The maximum absolute atomic E-state index is 3.78. The van der Waals surface area contributed by atoms with Gasteiger partial charge in [-0.2, -0.15) is 11.8 Å². The second-order valence-corrected chi connectivity index (χ2v) is 6.23. The standard InChI is InChI=1S/C13H27NS/c1-4-7-11(3)13(5-2)14-10-12-8-6-9-15-12/h11-14H,4-10H2,1-3H3. The molecule has 0 spiro atoms. The van der Waals surface area contributed by atoms with Crippen LogP contribution in [0.4, 0.5) is 0 Å². The predicted molar refractivity (Wildman–Crippen MR) is 71.6 cm³/mol. The lowest BCUT2D eigenvalue weighted by molar-refractivity contribution is 0.345. The first-order chi connectivity index (χ1) is 7.27. The Hall–Kier alpha value is 0.310. The van der Waals surface area contributed by atoms with Gasteiger partial charge < -0.3 is 5.32 Å². The van der Waals surface area contributed by atoms with Crippen LogP contribution in [-0.4, -0.2) is 23.6 Å². The highest BCUT2D eigenvalue weighted by Gasteiger charge is 2.19. The Morgan fingerprint density at radius 3 is 2.73 bits per heavy atom. The summed E-state index contributed by atoms with van der Waals surface area (Å²) in [6.45, 7) is 8.23. The lowest BCUT2D eigenvalue weighted by Crippen LogP contribution is -2.38. The molecule has 0 saturated carbocycles. The largest absolute Gasteiger partial charge is 0.313 e. The van der Waals surface area contributed by atoms with Gasteiger partial charge in [-0.15, -0.1) is 0 Å². The summed E-state index contributed by atoms with van der Waals surface area (Å²) >= 11 is 2.16. The zero-order valence-corrected chi connectivity index (χ0v) is 11.4. The van der Waals surface area contributed by atoms with E-state index in [9.17, 15) is 0 Å². The fourth-order valence-corrected chi connectivity index (χ4v) is 3.71. The molecule has 1 fully saturated rings. The first-order valence-corrected chi connectivity index (χ1v) is 7.67. The quantitative estimate of drug-likeness (QED) is 0.714. The summed E-state index contributed by atoms with van der Waals surface area (Å²) in [5.41, 5.74) is 0. The van der Waals surface area contributed by atoms with Gasteiger partial charge >= 0.3 is 0 Å². The van der Waals surface area contributed by atoms with Crippen molar-refractivity contribution in [2.24, 2.45) is 5.92 Å². The van der Waals surface area contributed by atoms with Gasteiger partial charge in [0.05, 0.1) is 0 Å². The molecule has 15 heavy (non-hydrogen) atoms. The molecule has 0 bridgehead atoms. The Bertz CT molecular complexity index is 155. The molecule has 90 valence electrons. The summed E-state index contributed by atoms with van der Waals surface area (Å²) in [6.07, 6.45) is 6.81. The number of hydrogen-bond donors (Lipinski definition) is 1. The van der Waals surface area contributed by atoms with Crippen LogP contribution in [0.15, 0.2) is 0 Å². The number of thioether (sulfide) groups is 1. The summed E-state index contributed by atoms with van der Waals surface area (Å²) in [7, 11) is 0. The molecule has 0 aromatic heterocycles. The molecule has 0 aliphatic carbocycles. The molecule has 1 nitrogen and oxygen atoms in total. The molecule has 3 atom stereocenters. The van der Waals surface area contributed by atoms with Crippen molar-refractivity contribution in [3.63, 3.8) is 0 Å². The van der Waals surface area contributed by atoms with Crippen molar-refractivity contribution in [3.05, 3.63) is 0 Å². The van der Waals surface area contributed by atoms with Gasteiger partial charge in [-0.3, -0.25) is 0 Å². The molecule has 1 aliphatic rings. The van der Waals surface area contributed by atoms with Crippen molar-refractivity contribution >= 4 is 11.8 Å². The Morgan fingerprint density at radius 2 is 2.20 bits per heavy atom. The van der Waals surface area contributed by atoms with Crippen LogP contribution in [-0.2, 0) is 0 Å². The van der Waals surface area contributed by atoms with Crippen molar-refractivity contribution in [2.75, 3.05) is 12.3 Å². The molecule has 0 amide bonds. The third-order valence-corrected chi connectivity index (χ3v) is 4.90. The molecular weight excluding hydrogens is 202 g/mol. The highest BCUT2D eigenvalue weighted by atomic mass is 32.2. The van der Waals surface area contributed by atoms with Crippen LogP contribution >= 0.6 is 11.8 Å². The fourth-order valence-electron chi connectivity index (χ4n) is 2.49. The van der Waals surface area contributed by atoms with Gasteiger partial charge in [-0.25, -0.2) is 0 Å². The average Bonchev–Trinajstić information content (AvgIpc) is 2.72. The molecular formula is C13H27NS. The van der Waals surface area contributed by atoms with Crippen LogP contribution in [0.25, 0.3) is 0 Å². The fraction of sp³-hybridized carbons (Fsp3) is 1.00. The van der Waals surface area contributed by atoms with E-state index >= 15 is 0 Å². The minimum absolute atomic E-state index is 0.742. The van der Waals surface area contributed by atoms with E-state index in [1.165, 1.54) is 44.4 Å². The van der Waals surface area contributed by atoms with Gasteiger partial charge in [0.2, 0.25) is 0 Å². The van der Waals surface area contributed by atoms with E-state index in [1.54, 1.807) is 0 Å². The summed E-state index contributed by atoms with van der Waals surface area (Å²) in [5, 5.41) is 4.67. The summed E-state index contributed by atoms with van der Waals surface area (Å²) in [6, 6.07) is 0.742. The predicted octanol–water partition coefficient (Wildman–Crippen LogP) is 3.69. The maximum Gasteiger partial charge on any atom is 0.0172 e. The van der Waals surface area contributed by atoms with Crippen LogP contribution in [0.2, 0.25) is 0 Å². The molecule has 1 heterocycles. The van der Waals surface area contributed by atoms with Gasteiger partial charge in [0.25, 0.3) is 0 Å². The minimum Gasteiger partial charge on any atom is -0.313 e. The molecule has 3 unspecified atom stereocenters. The van der Waals surface area contributed by atoms with Crippen LogP contribution in [0.1, 0.15) is 52.9 Å². The lowest BCUT2D eigenvalue weighted by atomic mass is 9.95. The third-order valence-electron chi connectivity index (χ3n) is 3.50. The van der Waals surface area contributed by atoms with Crippen molar-refractivity contribution in [2.45, 2.75) is 64.2 Å².